The highest BCUT2D eigenvalue weighted by Gasteiger charge is 2.38. The average molecular weight is 618 g/mol. The Hall–Kier alpha value is -5.23. The van der Waals surface area contributed by atoms with Gasteiger partial charge >= 0.3 is 0 Å². The zero-order chi connectivity index (χ0) is 30.9. The molecule has 3 aliphatic rings. The lowest BCUT2D eigenvalue weighted by Gasteiger charge is -2.32. The number of benzene rings is 5. The maximum atomic E-state index is 7.15. The maximum Gasteiger partial charge on any atom is 0.131 e. The molecule has 5 aromatic carbocycles. The fraction of sp³-hybridized carbons (Fsp3) is 0.100. The van der Waals surface area contributed by atoms with E-state index in [1.54, 1.807) is 0 Å². The molecule has 0 saturated heterocycles. The van der Waals surface area contributed by atoms with Crippen molar-refractivity contribution in [2.75, 3.05) is 0 Å². The van der Waals surface area contributed by atoms with Crippen LogP contribution in [0.4, 0.5) is 0 Å². The zero-order valence-electron chi connectivity index (χ0n) is 25.0. The first-order valence-corrected chi connectivity index (χ1v) is 16.0. The van der Waals surface area contributed by atoms with Crippen LogP contribution < -0.4 is 10.6 Å². The van der Waals surface area contributed by atoms with Gasteiger partial charge in [-0.1, -0.05) is 139 Å². The SMILES string of the molecule is Clc1cc(-c2cccc(C3NC(c4ccccc4)=NC(c4ccccc4)N3)c2)ccc1C1C(c2ccccc2)N=C2C=CC=CN21. The van der Waals surface area contributed by atoms with Crippen LogP contribution in [0.2, 0.25) is 5.02 Å². The van der Waals surface area contributed by atoms with Crippen LogP contribution >= 0.6 is 11.6 Å². The van der Waals surface area contributed by atoms with Crippen LogP contribution in [0.5, 0.6) is 0 Å². The van der Waals surface area contributed by atoms with E-state index < -0.39 is 0 Å². The summed E-state index contributed by atoms with van der Waals surface area (Å²) < 4.78 is 0. The van der Waals surface area contributed by atoms with Crippen LogP contribution in [0.25, 0.3) is 11.1 Å². The van der Waals surface area contributed by atoms with E-state index in [2.05, 4.69) is 137 Å². The molecule has 0 saturated carbocycles. The normalized spacial score (nSPS) is 21.7. The van der Waals surface area contributed by atoms with Crippen LogP contribution in [0.3, 0.4) is 0 Å². The Morgan fingerprint density at radius 2 is 1.28 bits per heavy atom. The van der Waals surface area contributed by atoms with Crippen molar-refractivity contribution >= 4 is 23.3 Å². The molecule has 46 heavy (non-hydrogen) atoms. The molecule has 5 aromatic rings. The van der Waals surface area contributed by atoms with Gasteiger partial charge in [0.05, 0.1) is 6.04 Å². The number of amidine groups is 2. The van der Waals surface area contributed by atoms with Crippen molar-refractivity contribution in [1.29, 1.82) is 0 Å². The Morgan fingerprint density at radius 3 is 2.04 bits per heavy atom. The summed E-state index contributed by atoms with van der Waals surface area (Å²) in [5.74, 6) is 1.82. The Morgan fingerprint density at radius 1 is 0.609 bits per heavy atom. The molecule has 0 radical (unpaired) electrons. The molecule has 2 N–H and O–H groups in total. The first-order valence-electron chi connectivity index (χ1n) is 15.6. The van der Waals surface area contributed by atoms with Gasteiger partial charge in [0.2, 0.25) is 0 Å². The topological polar surface area (TPSA) is 52.0 Å². The molecule has 5 nitrogen and oxygen atoms in total. The van der Waals surface area contributed by atoms with E-state index in [0.29, 0.717) is 0 Å². The summed E-state index contributed by atoms with van der Waals surface area (Å²) in [6.45, 7) is 0. The molecule has 4 unspecified atom stereocenters. The summed E-state index contributed by atoms with van der Waals surface area (Å²) in [4.78, 5) is 12.4. The minimum absolute atomic E-state index is 0.0345. The fourth-order valence-corrected chi connectivity index (χ4v) is 6.80. The molecular formula is C40H32ClN5. The number of hydrogen-bond acceptors (Lipinski definition) is 5. The second kappa shape index (κ2) is 12.3. The molecule has 6 heteroatoms. The van der Waals surface area contributed by atoms with Crippen molar-refractivity contribution in [2.24, 2.45) is 9.98 Å². The molecule has 3 aliphatic heterocycles. The van der Waals surface area contributed by atoms with Gasteiger partial charge in [-0.2, -0.15) is 0 Å². The quantitative estimate of drug-likeness (QED) is 0.200. The number of fused-ring (bicyclic) bond motifs is 1. The van der Waals surface area contributed by atoms with Gasteiger partial charge in [0, 0.05) is 16.8 Å². The second-order valence-corrected chi connectivity index (χ2v) is 12.1. The van der Waals surface area contributed by atoms with Gasteiger partial charge in [0.1, 0.15) is 30.0 Å². The monoisotopic (exact) mass is 617 g/mol. The third kappa shape index (κ3) is 5.45. The molecule has 224 valence electrons. The van der Waals surface area contributed by atoms with Gasteiger partial charge in [-0.05, 0) is 57.7 Å². The van der Waals surface area contributed by atoms with E-state index in [4.69, 9.17) is 21.6 Å². The number of hydrogen-bond donors (Lipinski definition) is 2. The Labute approximate surface area is 274 Å². The predicted octanol–water partition coefficient (Wildman–Crippen LogP) is 8.92. The first kappa shape index (κ1) is 28.3. The van der Waals surface area contributed by atoms with Gasteiger partial charge in [-0.25, -0.2) is 4.99 Å². The van der Waals surface area contributed by atoms with E-state index >= 15 is 0 Å². The first-order chi connectivity index (χ1) is 22.7. The average Bonchev–Trinajstić information content (AvgIpc) is 3.52. The van der Waals surface area contributed by atoms with Crippen LogP contribution in [-0.2, 0) is 0 Å². The second-order valence-electron chi connectivity index (χ2n) is 11.7. The summed E-state index contributed by atoms with van der Waals surface area (Å²) in [7, 11) is 0. The predicted molar refractivity (Wildman–Crippen MR) is 188 cm³/mol. The molecule has 4 atom stereocenters. The molecule has 0 spiro atoms. The van der Waals surface area contributed by atoms with Gasteiger partial charge in [-0.3, -0.25) is 10.3 Å². The highest BCUT2D eigenvalue weighted by atomic mass is 35.5. The van der Waals surface area contributed by atoms with E-state index in [9.17, 15) is 0 Å². The lowest BCUT2D eigenvalue weighted by molar-refractivity contribution is 0.396. The van der Waals surface area contributed by atoms with Gasteiger partial charge < -0.3 is 10.2 Å². The minimum atomic E-state index is -0.185. The fourth-order valence-electron chi connectivity index (χ4n) is 6.51. The molecule has 0 bridgehead atoms. The molecule has 0 amide bonds. The summed E-state index contributed by atoms with van der Waals surface area (Å²) >= 11 is 7.15. The summed E-state index contributed by atoms with van der Waals surface area (Å²) in [6, 6.07) is 46.1. The van der Waals surface area contributed by atoms with E-state index in [1.165, 1.54) is 5.56 Å². The number of halogens is 1. The van der Waals surface area contributed by atoms with Crippen LogP contribution in [-0.4, -0.2) is 16.6 Å². The minimum Gasteiger partial charge on any atom is -0.350 e. The lowest BCUT2D eigenvalue weighted by Crippen LogP contribution is -2.44. The standard InChI is InChI=1S/C40H32ClN5/c41-34-26-31(22-23-33(34)37-36(27-13-4-1-5-14-27)42-35-21-10-11-24-46(35)37)30-19-12-20-32(25-30)40-44-38(28-15-6-2-7-16-28)43-39(45-40)29-17-8-3-9-18-29/h1-26,36-38,40,44H,(H,43,45). The Bertz CT molecular complexity index is 1980. The van der Waals surface area contributed by atoms with Crippen molar-refractivity contribution < 1.29 is 0 Å². The van der Waals surface area contributed by atoms with E-state index in [1.807, 2.05) is 36.4 Å². The van der Waals surface area contributed by atoms with Crippen LogP contribution in [0, 0.1) is 0 Å². The molecule has 0 fully saturated rings. The van der Waals surface area contributed by atoms with Gasteiger partial charge in [-0.15, -0.1) is 0 Å². The molecule has 8 rings (SSSR count). The molecule has 0 aliphatic carbocycles. The highest BCUT2D eigenvalue weighted by molar-refractivity contribution is 6.31. The molecular weight excluding hydrogens is 586 g/mol. The van der Waals surface area contributed by atoms with Gasteiger partial charge in [0.25, 0.3) is 0 Å². The van der Waals surface area contributed by atoms with Crippen molar-refractivity contribution in [3.05, 3.63) is 191 Å². The number of nitrogens with zero attached hydrogens (tertiary/aromatic N) is 3. The number of aliphatic imine (C=N–C) groups is 2. The third-order valence-electron chi connectivity index (χ3n) is 8.78. The van der Waals surface area contributed by atoms with Crippen LogP contribution in [0.15, 0.2) is 168 Å². The molecule has 0 aromatic heterocycles. The van der Waals surface area contributed by atoms with Crippen molar-refractivity contribution in [3.63, 3.8) is 0 Å². The number of rotatable bonds is 6. The maximum absolute atomic E-state index is 7.15. The Kier molecular flexibility index (Phi) is 7.54. The van der Waals surface area contributed by atoms with Crippen LogP contribution in [0.1, 0.15) is 52.2 Å². The smallest absolute Gasteiger partial charge is 0.131 e. The summed E-state index contributed by atoms with van der Waals surface area (Å²) in [5, 5.41) is 8.09. The lowest BCUT2D eigenvalue weighted by atomic mass is 9.92. The summed E-state index contributed by atoms with van der Waals surface area (Å²) in [5.41, 5.74) is 7.67. The van der Waals surface area contributed by atoms with Crippen molar-refractivity contribution in [1.82, 2.24) is 15.5 Å². The third-order valence-corrected chi connectivity index (χ3v) is 9.10. The highest BCUT2D eigenvalue weighted by Crippen LogP contribution is 2.46. The Balaban J connectivity index is 1.11. The summed E-state index contributed by atoms with van der Waals surface area (Å²) in [6.07, 6.45) is 7.91. The number of allylic oxidation sites excluding steroid dienone is 2. The zero-order valence-corrected chi connectivity index (χ0v) is 25.8. The largest absolute Gasteiger partial charge is 0.350 e. The van der Waals surface area contributed by atoms with Gasteiger partial charge in [0.15, 0.2) is 0 Å². The van der Waals surface area contributed by atoms with E-state index in [0.717, 1.165) is 50.1 Å². The van der Waals surface area contributed by atoms with Crippen molar-refractivity contribution in [3.8, 4) is 11.1 Å². The van der Waals surface area contributed by atoms with Crippen molar-refractivity contribution in [2.45, 2.75) is 24.4 Å². The van der Waals surface area contributed by atoms with E-state index in [-0.39, 0.29) is 24.4 Å². The molecule has 3 heterocycles. The number of nitrogens with one attached hydrogen (secondary N) is 2.